The van der Waals surface area contributed by atoms with Gasteiger partial charge in [-0.3, -0.25) is 4.98 Å². The van der Waals surface area contributed by atoms with Crippen molar-refractivity contribution in [3.63, 3.8) is 0 Å². The van der Waals surface area contributed by atoms with Gasteiger partial charge in [-0.25, -0.2) is 4.98 Å². The molecule has 0 bridgehead atoms. The largest absolute Gasteiger partial charge is 0.361 e. The predicted octanol–water partition coefficient (Wildman–Crippen LogP) is 3.45. The maximum absolute atomic E-state index is 5.37. The summed E-state index contributed by atoms with van der Waals surface area (Å²) in [5, 5.41) is 11.7. The lowest BCUT2D eigenvalue weighted by Gasteiger charge is -2.09. The summed E-state index contributed by atoms with van der Waals surface area (Å²) in [6.07, 6.45) is 5.20. The number of aromatic nitrogens is 6. The van der Waals surface area contributed by atoms with Gasteiger partial charge in [-0.15, -0.1) is 0 Å². The first kappa shape index (κ1) is 16.1. The lowest BCUT2D eigenvalue weighted by Crippen LogP contribution is -2.07. The molecule has 0 aliphatic carbocycles. The third-order valence-corrected chi connectivity index (χ3v) is 4.26. The molecule has 0 spiro atoms. The summed E-state index contributed by atoms with van der Waals surface area (Å²) in [4.78, 5) is 13.2. The van der Waals surface area contributed by atoms with Crippen molar-refractivity contribution in [1.82, 2.24) is 29.7 Å². The van der Waals surface area contributed by atoms with E-state index in [9.17, 15) is 0 Å². The summed E-state index contributed by atoms with van der Waals surface area (Å²) >= 11 is 0. The van der Waals surface area contributed by atoms with Crippen LogP contribution >= 0.6 is 0 Å². The van der Waals surface area contributed by atoms with Gasteiger partial charge in [-0.1, -0.05) is 35.5 Å². The van der Waals surface area contributed by atoms with Gasteiger partial charge in [-0.05, 0) is 12.1 Å². The van der Waals surface area contributed by atoms with E-state index >= 15 is 0 Å². The summed E-state index contributed by atoms with van der Waals surface area (Å²) in [5.74, 6) is 1.83. The van der Waals surface area contributed by atoms with Crippen LogP contribution in [-0.2, 0) is 6.54 Å². The number of nitrogens with zero attached hydrogens (tertiary/aromatic N) is 6. The number of anilines is 1. The Hall–Kier alpha value is -4.07. The Balaban J connectivity index is 1.42. The summed E-state index contributed by atoms with van der Waals surface area (Å²) in [6.45, 7) is 0.370. The molecule has 1 aromatic carbocycles. The molecular weight excluding hydrogens is 354 g/mol. The zero-order chi connectivity index (χ0) is 18.8. The van der Waals surface area contributed by atoms with Crippen LogP contribution in [0.2, 0.25) is 0 Å². The van der Waals surface area contributed by atoms with E-state index in [1.807, 2.05) is 54.6 Å². The first-order valence-corrected chi connectivity index (χ1v) is 8.74. The minimum absolute atomic E-state index is 0.370. The fourth-order valence-corrected chi connectivity index (χ4v) is 2.91. The van der Waals surface area contributed by atoms with Crippen molar-refractivity contribution in [2.45, 2.75) is 6.54 Å². The highest BCUT2D eigenvalue weighted by Gasteiger charge is 2.11. The topological polar surface area (TPSA) is 94.0 Å². The van der Waals surface area contributed by atoms with Crippen molar-refractivity contribution in [2.24, 2.45) is 0 Å². The third kappa shape index (κ3) is 3.07. The Bertz CT molecular complexity index is 1220. The molecule has 0 radical (unpaired) electrons. The first-order chi connectivity index (χ1) is 13.9. The van der Waals surface area contributed by atoms with E-state index in [0.717, 1.165) is 28.3 Å². The minimum atomic E-state index is 0.370. The number of fused-ring (bicyclic) bond motifs is 1. The SMILES string of the molecule is c1ccc(-c2noc(CNc3cc(-c4ccncc4)nc4ccnn34)n2)cc1. The van der Waals surface area contributed by atoms with Gasteiger partial charge >= 0.3 is 0 Å². The van der Waals surface area contributed by atoms with E-state index in [1.54, 1.807) is 23.1 Å². The molecule has 5 aromatic rings. The smallest absolute Gasteiger partial charge is 0.246 e. The van der Waals surface area contributed by atoms with Gasteiger partial charge in [-0.2, -0.15) is 14.6 Å². The van der Waals surface area contributed by atoms with Crippen molar-refractivity contribution in [3.8, 4) is 22.6 Å². The summed E-state index contributed by atoms with van der Waals surface area (Å²) in [5.41, 5.74) is 3.46. The van der Waals surface area contributed by atoms with Crippen LogP contribution in [-0.4, -0.2) is 29.7 Å². The van der Waals surface area contributed by atoms with Crippen molar-refractivity contribution in [1.29, 1.82) is 0 Å². The monoisotopic (exact) mass is 369 g/mol. The van der Waals surface area contributed by atoms with Crippen molar-refractivity contribution in [2.75, 3.05) is 5.32 Å². The van der Waals surface area contributed by atoms with Crippen LogP contribution in [0.15, 0.2) is 77.7 Å². The lowest BCUT2D eigenvalue weighted by molar-refractivity contribution is 0.384. The molecule has 0 aliphatic rings. The van der Waals surface area contributed by atoms with Crippen LogP contribution in [0.4, 0.5) is 5.82 Å². The molecule has 5 rings (SSSR count). The summed E-state index contributed by atoms with van der Waals surface area (Å²) < 4.78 is 7.11. The molecule has 0 unspecified atom stereocenters. The zero-order valence-corrected chi connectivity index (χ0v) is 14.7. The average Bonchev–Trinajstić information content (AvgIpc) is 3.43. The van der Waals surface area contributed by atoms with Crippen LogP contribution in [0.1, 0.15) is 5.89 Å². The summed E-state index contributed by atoms with van der Waals surface area (Å²) in [6, 6.07) is 17.3. The Kier molecular flexibility index (Phi) is 3.98. The van der Waals surface area contributed by atoms with Crippen LogP contribution < -0.4 is 5.32 Å². The Morgan fingerprint density at radius 3 is 2.61 bits per heavy atom. The van der Waals surface area contributed by atoms with E-state index < -0.39 is 0 Å². The molecule has 1 N–H and O–H groups in total. The van der Waals surface area contributed by atoms with Crippen LogP contribution in [0, 0.1) is 0 Å². The number of pyridine rings is 1. The van der Waals surface area contributed by atoms with Crippen LogP contribution in [0.25, 0.3) is 28.3 Å². The molecule has 0 fully saturated rings. The van der Waals surface area contributed by atoms with E-state index in [4.69, 9.17) is 4.52 Å². The number of hydrogen-bond acceptors (Lipinski definition) is 7. The quantitative estimate of drug-likeness (QED) is 0.507. The molecule has 8 nitrogen and oxygen atoms in total. The van der Waals surface area contributed by atoms with Gasteiger partial charge < -0.3 is 9.84 Å². The van der Waals surface area contributed by atoms with E-state index in [1.165, 1.54) is 0 Å². The standard InChI is InChI=1S/C20H15N7O/c1-2-4-15(5-3-1)20-25-19(28-26-20)13-22-18-12-16(14-6-9-21-10-7-14)24-17-8-11-23-27(17)18/h1-12,22H,13H2. The fraction of sp³-hybridized carbons (Fsp3) is 0.0500. The highest BCUT2D eigenvalue weighted by atomic mass is 16.5. The van der Waals surface area contributed by atoms with Gasteiger partial charge in [0.15, 0.2) is 5.65 Å². The molecular formula is C20H15N7O. The molecule has 8 heteroatoms. The molecule has 28 heavy (non-hydrogen) atoms. The van der Waals surface area contributed by atoms with Crippen molar-refractivity contribution >= 4 is 11.5 Å². The number of rotatable bonds is 5. The van der Waals surface area contributed by atoms with Gasteiger partial charge in [0, 0.05) is 35.7 Å². The molecule has 0 saturated heterocycles. The maximum Gasteiger partial charge on any atom is 0.246 e. The second kappa shape index (κ2) is 6.92. The van der Waals surface area contributed by atoms with Crippen molar-refractivity contribution < 1.29 is 4.52 Å². The predicted molar refractivity (Wildman–Crippen MR) is 103 cm³/mol. The number of hydrogen-bond donors (Lipinski definition) is 1. The minimum Gasteiger partial charge on any atom is -0.361 e. The van der Waals surface area contributed by atoms with E-state index in [-0.39, 0.29) is 0 Å². The van der Waals surface area contributed by atoms with Crippen LogP contribution in [0.5, 0.6) is 0 Å². The molecule has 0 saturated carbocycles. The normalized spacial score (nSPS) is 11.0. The first-order valence-electron chi connectivity index (χ1n) is 8.74. The van der Waals surface area contributed by atoms with Crippen molar-refractivity contribution in [3.05, 3.63) is 79.1 Å². The number of nitrogens with one attached hydrogen (secondary N) is 1. The molecule has 0 atom stereocenters. The Morgan fingerprint density at radius 1 is 0.893 bits per heavy atom. The van der Waals surface area contributed by atoms with Gasteiger partial charge in [0.25, 0.3) is 0 Å². The van der Waals surface area contributed by atoms with Crippen LogP contribution in [0.3, 0.4) is 0 Å². The highest BCUT2D eigenvalue weighted by Crippen LogP contribution is 2.22. The fourth-order valence-electron chi connectivity index (χ4n) is 2.91. The highest BCUT2D eigenvalue weighted by molar-refractivity contribution is 5.66. The Morgan fingerprint density at radius 2 is 1.75 bits per heavy atom. The molecule has 0 amide bonds. The summed E-state index contributed by atoms with van der Waals surface area (Å²) in [7, 11) is 0. The molecule has 4 aromatic heterocycles. The lowest BCUT2D eigenvalue weighted by atomic mass is 10.2. The maximum atomic E-state index is 5.37. The zero-order valence-electron chi connectivity index (χ0n) is 14.7. The second-order valence-corrected chi connectivity index (χ2v) is 6.10. The van der Waals surface area contributed by atoms with Gasteiger partial charge in [0.2, 0.25) is 11.7 Å². The van der Waals surface area contributed by atoms with Gasteiger partial charge in [0.1, 0.15) is 5.82 Å². The van der Waals surface area contributed by atoms with E-state index in [2.05, 4.69) is 30.5 Å². The average molecular weight is 369 g/mol. The molecule has 0 aliphatic heterocycles. The van der Waals surface area contributed by atoms with Gasteiger partial charge in [0.05, 0.1) is 18.4 Å². The number of benzene rings is 1. The molecule has 136 valence electrons. The third-order valence-electron chi connectivity index (χ3n) is 4.26. The Labute approximate surface area is 159 Å². The van der Waals surface area contributed by atoms with E-state index in [0.29, 0.717) is 18.3 Å². The second-order valence-electron chi connectivity index (χ2n) is 6.10. The molecule has 4 heterocycles.